The molecule has 1 nitrogen and oxygen atoms in total. The molecule has 2 atom stereocenters. The van der Waals surface area contributed by atoms with E-state index in [0.29, 0.717) is 11.3 Å². The number of rotatable bonds is 4. The molecule has 0 aliphatic heterocycles. The highest BCUT2D eigenvalue weighted by atomic mass is 16.3. The second-order valence-corrected chi connectivity index (χ2v) is 7.13. The first kappa shape index (κ1) is 15.0. The van der Waals surface area contributed by atoms with Gasteiger partial charge in [-0.3, -0.25) is 0 Å². The number of aliphatic hydroxyl groups is 1. The van der Waals surface area contributed by atoms with E-state index in [1.165, 1.54) is 0 Å². The van der Waals surface area contributed by atoms with Crippen molar-refractivity contribution in [2.75, 3.05) is 0 Å². The summed E-state index contributed by atoms with van der Waals surface area (Å²) in [5.74, 6) is 0.620. The van der Waals surface area contributed by atoms with Crippen molar-refractivity contribution in [1.29, 1.82) is 0 Å². The average Bonchev–Trinajstić information content (AvgIpc) is 1.94. The SMILES string of the molecule is CCC(CC(O)CC(C)(C)C)C(C)(C)C. The van der Waals surface area contributed by atoms with Crippen molar-refractivity contribution >= 4 is 0 Å². The molecule has 0 rings (SSSR count). The van der Waals surface area contributed by atoms with Crippen LogP contribution in [0.2, 0.25) is 0 Å². The molecule has 0 aliphatic rings. The van der Waals surface area contributed by atoms with Gasteiger partial charge in [0.1, 0.15) is 0 Å². The summed E-state index contributed by atoms with van der Waals surface area (Å²) in [5, 5.41) is 10.0. The lowest BCUT2D eigenvalue weighted by molar-refractivity contribution is 0.0679. The highest BCUT2D eigenvalue weighted by Crippen LogP contribution is 2.34. The number of aliphatic hydroxyl groups excluding tert-OH is 1. The van der Waals surface area contributed by atoms with Crippen molar-refractivity contribution < 1.29 is 5.11 Å². The Morgan fingerprint density at radius 3 is 1.73 bits per heavy atom. The van der Waals surface area contributed by atoms with Gasteiger partial charge in [0.25, 0.3) is 0 Å². The van der Waals surface area contributed by atoms with Gasteiger partial charge in [-0.2, -0.15) is 0 Å². The van der Waals surface area contributed by atoms with Crippen molar-refractivity contribution in [3.8, 4) is 0 Å². The van der Waals surface area contributed by atoms with E-state index in [-0.39, 0.29) is 11.5 Å². The fourth-order valence-electron chi connectivity index (χ4n) is 2.25. The summed E-state index contributed by atoms with van der Waals surface area (Å²) < 4.78 is 0. The van der Waals surface area contributed by atoms with Gasteiger partial charge in [-0.15, -0.1) is 0 Å². The van der Waals surface area contributed by atoms with Crippen LogP contribution in [-0.2, 0) is 0 Å². The van der Waals surface area contributed by atoms with Crippen molar-refractivity contribution in [1.82, 2.24) is 0 Å². The summed E-state index contributed by atoms with van der Waals surface area (Å²) in [6.07, 6.45) is 2.86. The molecule has 0 fully saturated rings. The van der Waals surface area contributed by atoms with E-state index >= 15 is 0 Å². The quantitative estimate of drug-likeness (QED) is 0.742. The predicted octanol–water partition coefficient (Wildman–Crippen LogP) is 4.25. The van der Waals surface area contributed by atoms with Gasteiger partial charge in [0.05, 0.1) is 6.10 Å². The normalized spacial score (nSPS) is 17.6. The van der Waals surface area contributed by atoms with Gasteiger partial charge in [-0.1, -0.05) is 54.9 Å². The lowest BCUT2D eigenvalue weighted by atomic mass is 9.74. The first-order valence-electron chi connectivity index (χ1n) is 6.24. The second-order valence-electron chi connectivity index (χ2n) is 7.13. The first-order chi connectivity index (χ1) is 6.56. The maximum absolute atomic E-state index is 10.0. The van der Waals surface area contributed by atoms with Crippen molar-refractivity contribution in [2.24, 2.45) is 16.7 Å². The van der Waals surface area contributed by atoms with E-state index in [1.807, 2.05) is 0 Å². The molecule has 0 bridgehead atoms. The molecule has 0 amide bonds. The number of hydrogen-bond acceptors (Lipinski definition) is 1. The Kier molecular flexibility index (Phi) is 5.32. The fraction of sp³-hybridized carbons (Fsp3) is 1.00. The average molecular weight is 214 g/mol. The summed E-state index contributed by atoms with van der Waals surface area (Å²) in [6, 6.07) is 0. The van der Waals surface area contributed by atoms with Gasteiger partial charge in [0, 0.05) is 0 Å². The fourth-order valence-corrected chi connectivity index (χ4v) is 2.25. The Bertz CT molecular complexity index is 171. The van der Waals surface area contributed by atoms with Crippen LogP contribution in [-0.4, -0.2) is 11.2 Å². The highest BCUT2D eigenvalue weighted by molar-refractivity contribution is 4.78. The molecule has 0 spiro atoms. The zero-order valence-electron chi connectivity index (χ0n) is 11.7. The number of hydrogen-bond donors (Lipinski definition) is 1. The third-order valence-electron chi connectivity index (χ3n) is 3.12. The van der Waals surface area contributed by atoms with Crippen LogP contribution in [0.3, 0.4) is 0 Å². The third kappa shape index (κ3) is 6.94. The Morgan fingerprint density at radius 2 is 1.47 bits per heavy atom. The topological polar surface area (TPSA) is 20.2 Å². The van der Waals surface area contributed by atoms with Crippen molar-refractivity contribution in [2.45, 2.75) is 73.8 Å². The molecule has 0 aromatic carbocycles. The van der Waals surface area contributed by atoms with Crippen LogP contribution in [0.25, 0.3) is 0 Å². The lowest BCUT2D eigenvalue weighted by Gasteiger charge is -2.33. The van der Waals surface area contributed by atoms with E-state index in [2.05, 4.69) is 48.5 Å². The molecule has 0 heterocycles. The van der Waals surface area contributed by atoms with Gasteiger partial charge >= 0.3 is 0 Å². The Labute approximate surface area is 96.3 Å². The van der Waals surface area contributed by atoms with Gasteiger partial charge in [0.15, 0.2) is 0 Å². The second kappa shape index (κ2) is 5.34. The van der Waals surface area contributed by atoms with E-state index in [1.54, 1.807) is 0 Å². The van der Waals surface area contributed by atoms with Crippen LogP contribution in [0.5, 0.6) is 0 Å². The van der Waals surface area contributed by atoms with Crippen molar-refractivity contribution in [3.63, 3.8) is 0 Å². The van der Waals surface area contributed by atoms with Crippen LogP contribution >= 0.6 is 0 Å². The van der Waals surface area contributed by atoms with E-state index in [9.17, 15) is 5.11 Å². The van der Waals surface area contributed by atoms with E-state index in [4.69, 9.17) is 0 Å². The van der Waals surface area contributed by atoms with Gasteiger partial charge in [-0.25, -0.2) is 0 Å². The molecule has 0 saturated carbocycles. The summed E-state index contributed by atoms with van der Waals surface area (Å²) in [5.41, 5.74) is 0.545. The molecule has 0 aliphatic carbocycles. The largest absolute Gasteiger partial charge is 0.393 e. The molecule has 92 valence electrons. The zero-order valence-corrected chi connectivity index (χ0v) is 11.7. The van der Waals surface area contributed by atoms with E-state index < -0.39 is 0 Å². The first-order valence-corrected chi connectivity index (χ1v) is 6.24. The van der Waals surface area contributed by atoms with Gasteiger partial charge < -0.3 is 5.11 Å². The molecular formula is C14H30O. The Morgan fingerprint density at radius 1 is 1.00 bits per heavy atom. The minimum atomic E-state index is -0.144. The highest BCUT2D eigenvalue weighted by Gasteiger charge is 2.27. The molecular weight excluding hydrogens is 184 g/mol. The summed E-state index contributed by atoms with van der Waals surface area (Å²) in [4.78, 5) is 0. The standard InChI is InChI=1S/C14H30O/c1-8-11(14(5,6)7)9-12(15)10-13(2,3)4/h11-12,15H,8-10H2,1-7H3. The van der Waals surface area contributed by atoms with Gasteiger partial charge in [-0.05, 0) is 29.6 Å². The molecule has 15 heavy (non-hydrogen) atoms. The van der Waals surface area contributed by atoms with Crippen LogP contribution in [0.1, 0.15) is 67.7 Å². The minimum Gasteiger partial charge on any atom is -0.393 e. The molecule has 0 aromatic rings. The summed E-state index contributed by atoms with van der Waals surface area (Å²) in [6.45, 7) is 15.6. The zero-order chi connectivity index (χ0) is 12.3. The Hall–Kier alpha value is -0.0400. The molecule has 0 aromatic heterocycles. The molecule has 1 heteroatoms. The van der Waals surface area contributed by atoms with Crippen molar-refractivity contribution in [3.05, 3.63) is 0 Å². The van der Waals surface area contributed by atoms with Crippen LogP contribution in [0.4, 0.5) is 0 Å². The molecule has 2 unspecified atom stereocenters. The molecule has 1 N–H and O–H groups in total. The summed E-state index contributed by atoms with van der Waals surface area (Å²) >= 11 is 0. The molecule has 0 radical (unpaired) electrons. The smallest absolute Gasteiger partial charge is 0.0548 e. The minimum absolute atomic E-state index is 0.144. The maximum atomic E-state index is 10.0. The monoisotopic (exact) mass is 214 g/mol. The lowest BCUT2D eigenvalue weighted by Crippen LogP contribution is -2.27. The van der Waals surface area contributed by atoms with Crippen LogP contribution in [0, 0.1) is 16.7 Å². The Balaban J connectivity index is 4.20. The van der Waals surface area contributed by atoms with Crippen LogP contribution in [0.15, 0.2) is 0 Å². The maximum Gasteiger partial charge on any atom is 0.0548 e. The molecule has 0 saturated heterocycles. The van der Waals surface area contributed by atoms with E-state index in [0.717, 1.165) is 19.3 Å². The van der Waals surface area contributed by atoms with Gasteiger partial charge in [0.2, 0.25) is 0 Å². The third-order valence-corrected chi connectivity index (χ3v) is 3.12. The predicted molar refractivity (Wildman–Crippen MR) is 67.9 cm³/mol. The summed E-state index contributed by atoms with van der Waals surface area (Å²) in [7, 11) is 0. The van der Waals surface area contributed by atoms with Crippen LogP contribution < -0.4 is 0 Å².